The molecule has 3 atom stereocenters. The van der Waals surface area contributed by atoms with Crippen molar-refractivity contribution in [1.29, 1.82) is 0 Å². The molecule has 26 heavy (non-hydrogen) atoms. The van der Waals surface area contributed by atoms with Crippen molar-refractivity contribution < 1.29 is 14.3 Å². The number of amides is 1. The van der Waals surface area contributed by atoms with Crippen LogP contribution < -0.4 is 5.32 Å². The molecule has 1 aliphatic rings. The van der Waals surface area contributed by atoms with Crippen LogP contribution in [0, 0.1) is 18.8 Å². The number of carbonyl (C=O) groups is 2. The number of aromatic nitrogens is 1. The topological polar surface area (TPSA) is 74.4 Å². The number of methoxy groups -OCH3 is 1. The fourth-order valence-corrected chi connectivity index (χ4v) is 4.20. The van der Waals surface area contributed by atoms with Gasteiger partial charge in [0.25, 0.3) is 5.91 Å². The summed E-state index contributed by atoms with van der Waals surface area (Å²) < 4.78 is 4.86. The van der Waals surface area contributed by atoms with E-state index in [0.717, 1.165) is 25.3 Å². The second kappa shape index (κ2) is 8.71. The van der Waals surface area contributed by atoms with Gasteiger partial charge in [-0.25, -0.2) is 4.79 Å². The Morgan fingerprint density at radius 3 is 2.46 bits per heavy atom. The number of carbonyl (C=O) groups excluding carboxylic acids is 2. The zero-order chi connectivity index (χ0) is 19.4. The SMILES string of the molecule is CCc1[nH]c(C(=O)N[C@H](C)CN2C[C@H](C)C[C@@H](C)C2)c(C)c1C(=O)OC. The number of hydrogen-bond acceptors (Lipinski definition) is 4. The molecule has 0 aromatic carbocycles. The summed E-state index contributed by atoms with van der Waals surface area (Å²) in [5, 5.41) is 3.07. The predicted octanol–water partition coefficient (Wildman–Crippen LogP) is 2.77. The van der Waals surface area contributed by atoms with E-state index in [-0.39, 0.29) is 11.9 Å². The summed E-state index contributed by atoms with van der Waals surface area (Å²) in [5.74, 6) is 0.820. The highest BCUT2D eigenvalue weighted by atomic mass is 16.5. The van der Waals surface area contributed by atoms with Crippen molar-refractivity contribution in [3.8, 4) is 0 Å². The third kappa shape index (κ3) is 4.67. The molecule has 6 heteroatoms. The summed E-state index contributed by atoms with van der Waals surface area (Å²) in [6, 6.07) is 0.0364. The standard InChI is InChI=1S/C20H33N3O3/c1-7-16-17(20(25)26-6)15(5)18(22-16)19(24)21-14(4)11-23-9-12(2)8-13(3)10-23/h12-14,22H,7-11H2,1-6H3,(H,21,24)/t12-,13-,14-/m1/s1. The van der Waals surface area contributed by atoms with Crippen molar-refractivity contribution in [2.75, 3.05) is 26.7 Å². The Hall–Kier alpha value is -1.82. The van der Waals surface area contributed by atoms with Crippen LogP contribution in [0.25, 0.3) is 0 Å². The molecule has 6 nitrogen and oxygen atoms in total. The van der Waals surface area contributed by atoms with Gasteiger partial charge in [-0.05, 0) is 44.1 Å². The Balaban J connectivity index is 2.05. The first-order chi connectivity index (χ1) is 12.3. The van der Waals surface area contributed by atoms with E-state index in [1.807, 2.05) is 13.8 Å². The van der Waals surface area contributed by atoms with Crippen LogP contribution in [-0.4, -0.2) is 54.5 Å². The van der Waals surface area contributed by atoms with Crippen molar-refractivity contribution in [3.63, 3.8) is 0 Å². The molecule has 1 saturated heterocycles. The zero-order valence-corrected chi connectivity index (χ0v) is 16.9. The number of rotatable bonds is 6. The van der Waals surface area contributed by atoms with Crippen LogP contribution in [0.2, 0.25) is 0 Å². The van der Waals surface area contributed by atoms with Crippen LogP contribution in [0.3, 0.4) is 0 Å². The lowest BCUT2D eigenvalue weighted by Crippen LogP contribution is -2.47. The van der Waals surface area contributed by atoms with E-state index in [1.165, 1.54) is 13.5 Å². The monoisotopic (exact) mass is 363 g/mol. The summed E-state index contributed by atoms with van der Waals surface area (Å²) in [7, 11) is 1.36. The van der Waals surface area contributed by atoms with Crippen molar-refractivity contribution >= 4 is 11.9 Å². The number of esters is 1. The molecule has 1 aromatic heterocycles. The number of nitrogens with zero attached hydrogens (tertiary/aromatic N) is 1. The average molecular weight is 364 g/mol. The lowest BCUT2D eigenvalue weighted by atomic mass is 9.92. The second-order valence-corrected chi connectivity index (χ2v) is 7.86. The summed E-state index contributed by atoms with van der Waals surface area (Å²) in [5.41, 5.74) is 2.32. The number of piperidine rings is 1. The summed E-state index contributed by atoms with van der Waals surface area (Å²) in [6.45, 7) is 13.3. The van der Waals surface area contributed by atoms with Crippen LogP contribution in [0.4, 0.5) is 0 Å². The van der Waals surface area contributed by atoms with Crippen LogP contribution in [0.15, 0.2) is 0 Å². The summed E-state index contributed by atoms with van der Waals surface area (Å²) >= 11 is 0. The summed E-state index contributed by atoms with van der Waals surface area (Å²) in [6.07, 6.45) is 1.91. The van der Waals surface area contributed by atoms with E-state index >= 15 is 0 Å². The van der Waals surface area contributed by atoms with Crippen LogP contribution >= 0.6 is 0 Å². The van der Waals surface area contributed by atoms with Crippen molar-refractivity contribution in [2.45, 2.75) is 53.5 Å². The van der Waals surface area contributed by atoms with Gasteiger partial charge in [0.05, 0.1) is 12.7 Å². The number of nitrogens with one attached hydrogen (secondary N) is 2. The molecule has 0 aliphatic carbocycles. The van der Waals surface area contributed by atoms with Gasteiger partial charge in [-0.15, -0.1) is 0 Å². The third-order valence-corrected chi connectivity index (χ3v) is 5.15. The van der Waals surface area contributed by atoms with Crippen molar-refractivity contribution in [3.05, 3.63) is 22.5 Å². The molecular weight excluding hydrogens is 330 g/mol. The van der Waals surface area contributed by atoms with Gasteiger partial charge >= 0.3 is 5.97 Å². The Kier molecular flexibility index (Phi) is 6.87. The molecule has 2 rings (SSSR count). The molecule has 1 aromatic rings. The quantitative estimate of drug-likeness (QED) is 0.762. The van der Waals surface area contributed by atoms with E-state index in [0.29, 0.717) is 35.1 Å². The number of likely N-dealkylation sites (tertiary alicyclic amines) is 1. The van der Waals surface area contributed by atoms with Gasteiger partial charge in [0, 0.05) is 31.4 Å². The van der Waals surface area contributed by atoms with Gasteiger partial charge in [-0.3, -0.25) is 4.79 Å². The maximum atomic E-state index is 12.7. The molecular formula is C20H33N3O3. The molecule has 2 N–H and O–H groups in total. The lowest BCUT2D eigenvalue weighted by molar-refractivity contribution is 0.0599. The lowest BCUT2D eigenvalue weighted by Gasteiger charge is -2.36. The average Bonchev–Trinajstić information content (AvgIpc) is 2.89. The van der Waals surface area contributed by atoms with Crippen LogP contribution in [0.5, 0.6) is 0 Å². The van der Waals surface area contributed by atoms with Gasteiger partial charge in [0.2, 0.25) is 0 Å². The van der Waals surface area contributed by atoms with E-state index in [2.05, 4.69) is 29.0 Å². The Labute approximate surface area is 156 Å². The van der Waals surface area contributed by atoms with Gasteiger partial charge in [0.15, 0.2) is 0 Å². The molecule has 1 fully saturated rings. The Morgan fingerprint density at radius 1 is 1.31 bits per heavy atom. The number of H-pyrrole nitrogens is 1. The normalized spacial score (nSPS) is 22.1. The largest absolute Gasteiger partial charge is 0.465 e. The molecule has 146 valence electrons. The van der Waals surface area contributed by atoms with E-state index in [1.54, 1.807) is 6.92 Å². The fraction of sp³-hybridized carbons (Fsp3) is 0.700. The molecule has 0 unspecified atom stereocenters. The molecule has 0 spiro atoms. The minimum atomic E-state index is -0.404. The van der Waals surface area contributed by atoms with Gasteiger partial charge in [0.1, 0.15) is 5.69 Å². The zero-order valence-electron chi connectivity index (χ0n) is 16.9. The summed E-state index contributed by atoms with van der Waals surface area (Å²) in [4.78, 5) is 30.3. The minimum absolute atomic E-state index is 0.0364. The number of aromatic amines is 1. The Bertz CT molecular complexity index is 643. The van der Waals surface area contributed by atoms with Crippen LogP contribution in [-0.2, 0) is 11.2 Å². The van der Waals surface area contributed by atoms with Gasteiger partial charge in [-0.2, -0.15) is 0 Å². The predicted molar refractivity (Wildman–Crippen MR) is 103 cm³/mol. The molecule has 1 aliphatic heterocycles. The van der Waals surface area contributed by atoms with Crippen molar-refractivity contribution in [2.24, 2.45) is 11.8 Å². The smallest absolute Gasteiger partial charge is 0.339 e. The second-order valence-electron chi connectivity index (χ2n) is 7.86. The number of hydrogen-bond donors (Lipinski definition) is 2. The molecule has 1 amide bonds. The van der Waals surface area contributed by atoms with E-state index < -0.39 is 5.97 Å². The molecule has 0 radical (unpaired) electrons. The van der Waals surface area contributed by atoms with E-state index in [9.17, 15) is 9.59 Å². The first kappa shape index (κ1) is 20.5. The molecule has 0 saturated carbocycles. The van der Waals surface area contributed by atoms with Gasteiger partial charge < -0.3 is 19.9 Å². The highest BCUT2D eigenvalue weighted by Gasteiger charge is 2.26. The van der Waals surface area contributed by atoms with Crippen molar-refractivity contribution in [1.82, 2.24) is 15.2 Å². The highest BCUT2D eigenvalue weighted by Crippen LogP contribution is 2.22. The number of ether oxygens (including phenoxy) is 1. The van der Waals surface area contributed by atoms with Crippen LogP contribution in [0.1, 0.15) is 66.2 Å². The molecule has 0 bridgehead atoms. The fourth-order valence-electron chi connectivity index (χ4n) is 4.20. The number of aryl methyl sites for hydroxylation is 1. The van der Waals surface area contributed by atoms with Gasteiger partial charge in [-0.1, -0.05) is 20.8 Å². The highest BCUT2D eigenvalue weighted by molar-refractivity contribution is 6.00. The third-order valence-electron chi connectivity index (χ3n) is 5.15. The minimum Gasteiger partial charge on any atom is -0.465 e. The Morgan fingerprint density at radius 2 is 1.92 bits per heavy atom. The first-order valence-electron chi connectivity index (χ1n) is 9.59. The van der Waals surface area contributed by atoms with E-state index in [4.69, 9.17) is 4.74 Å². The first-order valence-corrected chi connectivity index (χ1v) is 9.59. The maximum absolute atomic E-state index is 12.7. The molecule has 2 heterocycles. The maximum Gasteiger partial charge on any atom is 0.339 e.